The molecule has 1 aromatic heterocycles. The van der Waals surface area contributed by atoms with Crippen LogP contribution in [0.3, 0.4) is 0 Å². The van der Waals surface area contributed by atoms with Gasteiger partial charge in [-0.15, -0.1) is 0 Å². The van der Waals surface area contributed by atoms with E-state index in [-0.39, 0.29) is 11.8 Å². The quantitative estimate of drug-likeness (QED) is 0.853. The zero-order chi connectivity index (χ0) is 12.5. The monoisotopic (exact) mass is 246 g/mol. The van der Waals surface area contributed by atoms with E-state index in [0.29, 0.717) is 16.8 Å². The van der Waals surface area contributed by atoms with Crippen molar-refractivity contribution in [1.29, 1.82) is 0 Å². The Labute approximate surface area is 103 Å². The summed E-state index contributed by atoms with van der Waals surface area (Å²) in [6.07, 6.45) is 4.20. The average molecular weight is 246 g/mol. The van der Waals surface area contributed by atoms with Crippen molar-refractivity contribution >= 4 is 22.7 Å². The minimum atomic E-state index is -0.482. The maximum atomic E-state index is 11.9. The van der Waals surface area contributed by atoms with Crippen LogP contribution in [0.1, 0.15) is 25.7 Å². The van der Waals surface area contributed by atoms with E-state index in [9.17, 15) is 9.59 Å². The van der Waals surface area contributed by atoms with Crippen molar-refractivity contribution in [3.05, 3.63) is 28.7 Å². The molecule has 18 heavy (non-hydrogen) atoms. The SMILES string of the molecule is O=C(Nc1ccc2oc(=O)[nH]c2c1)C1CCCC1. The number of hydrogen-bond donors (Lipinski definition) is 2. The molecule has 1 fully saturated rings. The van der Waals surface area contributed by atoms with Crippen LogP contribution in [-0.4, -0.2) is 10.9 Å². The molecule has 0 saturated heterocycles. The molecule has 1 aromatic carbocycles. The third-order valence-corrected chi connectivity index (χ3v) is 3.41. The number of fused-ring (bicyclic) bond motifs is 1. The first kappa shape index (κ1) is 11.1. The Morgan fingerprint density at radius 2 is 2.11 bits per heavy atom. The lowest BCUT2D eigenvalue weighted by Gasteiger charge is -2.09. The Balaban J connectivity index is 1.81. The van der Waals surface area contributed by atoms with Gasteiger partial charge in [0, 0.05) is 11.6 Å². The Hall–Kier alpha value is -2.04. The van der Waals surface area contributed by atoms with Crippen molar-refractivity contribution < 1.29 is 9.21 Å². The van der Waals surface area contributed by atoms with E-state index >= 15 is 0 Å². The highest BCUT2D eigenvalue weighted by atomic mass is 16.4. The van der Waals surface area contributed by atoms with Crippen molar-refractivity contribution in [1.82, 2.24) is 4.98 Å². The van der Waals surface area contributed by atoms with Gasteiger partial charge in [-0.05, 0) is 31.0 Å². The van der Waals surface area contributed by atoms with Crippen LogP contribution in [0.5, 0.6) is 0 Å². The summed E-state index contributed by atoms with van der Waals surface area (Å²) in [5, 5.41) is 2.88. The maximum Gasteiger partial charge on any atom is 0.417 e. The smallest absolute Gasteiger partial charge is 0.408 e. The lowest BCUT2D eigenvalue weighted by Crippen LogP contribution is -2.20. The van der Waals surface area contributed by atoms with E-state index in [1.54, 1.807) is 18.2 Å². The van der Waals surface area contributed by atoms with Gasteiger partial charge in [-0.2, -0.15) is 0 Å². The lowest BCUT2D eigenvalue weighted by molar-refractivity contribution is -0.119. The lowest BCUT2D eigenvalue weighted by atomic mass is 10.1. The molecule has 1 heterocycles. The summed E-state index contributed by atoms with van der Waals surface area (Å²) in [5.74, 6) is -0.286. The number of aromatic amines is 1. The Morgan fingerprint density at radius 1 is 1.33 bits per heavy atom. The third kappa shape index (κ3) is 2.03. The highest BCUT2D eigenvalue weighted by molar-refractivity contribution is 5.94. The standard InChI is InChI=1S/C13H14N2O3/c16-12(8-3-1-2-4-8)14-9-5-6-11-10(7-9)15-13(17)18-11/h5-8H,1-4H2,(H,14,16)(H,15,17). The number of oxazole rings is 1. The van der Waals surface area contributed by atoms with Gasteiger partial charge in [0.05, 0.1) is 5.52 Å². The molecule has 0 aliphatic heterocycles. The Bertz CT molecular complexity index is 635. The van der Waals surface area contributed by atoms with Gasteiger partial charge in [0.2, 0.25) is 5.91 Å². The summed E-state index contributed by atoms with van der Waals surface area (Å²) in [5.41, 5.74) is 1.79. The molecule has 5 nitrogen and oxygen atoms in total. The largest absolute Gasteiger partial charge is 0.417 e. The van der Waals surface area contributed by atoms with Gasteiger partial charge in [-0.3, -0.25) is 9.78 Å². The first-order valence-corrected chi connectivity index (χ1v) is 6.16. The van der Waals surface area contributed by atoms with Crippen molar-refractivity contribution in [2.75, 3.05) is 5.32 Å². The van der Waals surface area contributed by atoms with Crippen LogP contribution in [-0.2, 0) is 4.79 Å². The van der Waals surface area contributed by atoms with Gasteiger partial charge in [0.15, 0.2) is 5.58 Å². The molecule has 0 spiro atoms. The summed E-state index contributed by atoms with van der Waals surface area (Å²) in [6, 6.07) is 5.14. The van der Waals surface area contributed by atoms with Gasteiger partial charge in [0.1, 0.15) is 0 Å². The second-order valence-corrected chi connectivity index (χ2v) is 4.70. The van der Waals surface area contributed by atoms with Crippen LogP contribution in [0, 0.1) is 5.92 Å². The van der Waals surface area contributed by atoms with Crippen LogP contribution < -0.4 is 11.1 Å². The van der Waals surface area contributed by atoms with Crippen molar-refractivity contribution in [2.24, 2.45) is 5.92 Å². The van der Waals surface area contributed by atoms with E-state index in [0.717, 1.165) is 25.7 Å². The number of amides is 1. The second kappa shape index (κ2) is 4.33. The molecule has 1 amide bonds. The van der Waals surface area contributed by atoms with E-state index < -0.39 is 5.76 Å². The van der Waals surface area contributed by atoms with Crippen LogP contribution in [0.15, 0.2) is 27.4 Å². The Kier molecular flexibility index (Phi) is 2.66. The number of rotatable bonds is 2. The molecule has 2 N–H and O–H groups in total. The molecule has 1 aliphatic carbocycles. The summed E-state index contributed by atoms with van der Waals surface area (Å²) >= 11 is 0. The molecule has 5 heteroatoms. The van der Waals surface area contributed by atoms with E-state index in [1.165, 1.54) is 0 Å². The van der Waals surface area contributed by atoms with Gasteiger partial charge >= 0.3 is 5.76 Å². The number of carbonyl (C=O) groups excluding carboxylic acids is 1. The first-order chi connectivity index (χ1) is 8.72. The number of nitrogens with one attached hydrogen (secondary N) is 2. The number of benzene rings is 1. The molecule has 0 atom stereocenters. The maximum absolute atomic E-state index is 11.9. The van der Waals surface area contributed by atoms with Gasteiger partial charge < -0.3 is 9.73 Å². The fourth-order valence-electron chi connectivity index (χ4n) is 2.46. The molecule has 0 radical (unpaired) electrons. The average Bonchev–Trinajstić information content (AvgIpc) is 2.95. The molecule has 3 rings (SSSR count). The summed E-state index contributed by atoms with van der Waals surface area (Å²) < 4.78 is 4.90. The van der Waals surface area contributed by atoms with E-state index in [4.69, 9.17) is 4.42 Å². The fraction of sp³-hybridized carbons (Fsp3) is 0.385. The van der Waals surface area contributed by atoms with E-state index in [2.05, 4.69) is 10.3 Å². The number of aromatic nitrogens is 1. The molecule has 94 valence electrons. The second-order valence-electron chi connectivity index (χ2n) is 4.70. The predicted octanol–water partition coefficient (Wildman–Crippen LogP) is 2.25. The van der Waals surface area contributed by atoms with Crippen LogP contribution >= 0.6 is 0 Å². The highest BCUT2D eigenvalue weighted by Crippen LogP contribution is 2.26. The molecule has 0 unspecified atom stereocenters. The minimum Gasteiger partial charge on any atom is -0.408 e. The molecule has 1 saturated carbocycles. The molecule has 1 aliphatic rings. The first-order valence-electron chi connectivity index (χ1n) is 6.16. The van der Waals surface area contributed by atoms with Gasteiger partial charge in [-0.1, -0.05) is 12.8 Å². The highest BCUT2D eigenvalue weighted by Gasteiger charge is 2.22. The van der Waals surface area contributed by atoms with E-state index in [1.807, 2.05) is 0 Å². The Morgan fingerprint density at radius 3 is 2.89 bits per heavy atom. The summed E-state index contributed by atoms with van der Waals surface area (Å²) in [4.78, 5) is 25.5. The number of H-pyrrole nitrogens is 1. The molecular weight excluding hydrogens is 232 g/mol. The number of hydrogen-bond acceptors (Lipinski definition) is 3. The predicted molar refractivity (Wildman–Crippen MR) is 67.4 cm³/mol. The summed E-state index contributed by atoms with van der Waals surface area (Å²) in [7, 11) is 0. The fourth-order valence-corrected chi connectivity index (χ4v) is 2.46. The number of anilines is 1. The molecular formula is C13H14N2O3. The van der Waals surface area contributed by atoms with Crippen molar-refractivity contribution in [3.8, 4) is 0 Å². The topological polar surface area (TPSA) is 75.1 Å². The number of carbonyl (C=O) groups is 1. The third-order valence-electron chi connectivity index (χ3n) is 3.41. The van der Waals surface area contributed by atoms with Gasteiger partial charge in [-0.25, -0.2) is 4.79 Å². The van der Waals surface area contributed by atoms with Crippen LogP contribution in [0.4, 0.5) is 5.69 Å². The zero-order valence-electron chi connectivity index (χ0n) is 9.86. The van der Waals surface area contributed by atoms with Crippen LogP contribution in [0.25, 0.3) is 11.1 Å². The minimum absolute atomic E-state index is 0.0673. The van der Waals surface area contributed by atoms with Crippen molar-refractivity contribution in [2.45, 2.75) is 25.7 Å². The van der Waals surface area contributed by atoms with Crippen molar-refractivity contribution in [3.63, 3.8) is 0 Å². The van der Waals surface area contributed by atoms with Crippen LogP contribution in [0.2, 0.25) is 0 Å². The zero-order valence-corrected chi connectivity index (χ0v) is 9.86. The summed E-state index contributed by atoms with van der Waals surface area (Å²) in [6.45, 7) is 0. The molecule has 0 bridgehead atoms. The normalized spacial score (nSPS) is 16.2. The molecule has 2 aromatic rings. The van der Waals surface area contributed by atoms with Gasteiger partial charge in [0.25, 0.3) is 0 Å².